The molecule has 0 saturated heterocycles. The molecule has 1 unspecified atom stereocenters. The predicted molar refractivity (Wildman–Crippen MR) is 179 cm³/mol. The van der Waals surface area contributed by atoms with Gasteiger partial charge in [0.05, 0.1) is 30.1 Å². The van der Waals surface area contributed by atoms with Gasteiger partial charge in [-0.15, -0.1) is 11.8 Å². The van der Waals surface area contributed by atoms with Crippen molar-refractivity contribution in [3.63, 3.8) is 0 Å². The maximum Gasteiger partial charge on any atom is 0.337 e. The lowest BCUT2D eigenvalue weighted by atomic mass is 10.1. The molecule has 0 aliphatic carbocycles. The van der Waals surface area contributed by atoms with Crippen LogP contribution in [0, 0.1) is 0 Å². The quantitative estimate of drug-likeness (QED) is 0.0986. The molecular weight excluding hydrogens is 630 g/mol. The summed E-state index contributed by atoms with van der Waals surface area (Å²) in [5, 5.41) is 17.0. The van der Waals surface area contributed by atoms with Crippen molar-refractivity contribution in [1.82, 2.24) is 5.32 Å². The van der Waals surface area contributed by atoms with Crippen molar-refractivity contribution in [3.05, 3.63) is 118 Å². The van der Waals surface area contributed by atoms with Crippen molar-refractivity contribution in [3.8, 4) is 11.5 Å². The summed E-state index contributed by atoms with van der Waals surface area (Å²) < 4.78 is 10.8. The Kier molecular flexibility index (Phi) is 11.4. The summed E-state index contributed by atoms with van der Waals surface area (Å²) in [5.41, 5.74) is 1.41. The molecule has 0 aliphatic heterocycles. The van der Waals surface area contributed by atoms with Crippen LogP contribution < -0.4 is 25.4 Å². The Balaban J connectivity index is 1.53. The first-order valence-corrected chi connectivity index (χ1v) is 15.1. The molecule has 236 valence electrons. The van der Waals surface area contributed by atoms with Crippen LogP contribution in [-0.4, -0.2) is 48.3 Å². The summed E-state index contributed by atoms with van der Waals surface area (Å²) in [7, 11) is 3.01. The normalized spacial score (nSPS) is 11.6. The lowest BCUT2D eigenvalue weighted by Gasteiger charge is -2.15. The molecular formula is C34H30ClN3O7S. The highest BCUT2D eigenvalue weighted by molar-refractivity contribution is 8.00. The summed E-state index contributed by atoms with van der Waals surface area (Å²) >= 11 is 7.16. The maximum absolute atomic E-state index is 13.6. The predicted octanol–water partition coefficient (Wildman–Crippen LogP) is 6.58. The lowest BCUT2D eigenvalue weighted by molar-refractivity contribution is -0.115. The topological polar surface area (TPSA) is 143 Å². The molecule has 4 aromatic rings. The van der Waals surface area contributed by atoms with Gasteiger partial charge >= 0.3 is 5.97 Å². The SMILES string of the molecule is COc1ccc(OC)c(/C=C(/NC(=O)c2ccccc2)C(=O)Nc2cccc(SC(C)C(=O)Nc3ccc(Cl)c(C(=O)O)c3)c2)c1. The fourth-order valence-corrected chi connectivity index (χ4v) is 5.29. The van der Waals surface area contributed by atoms with Crippen molar-refractivity contribution in [2.24, 2.45) is 0 Å². The number of rotatable bonds is 12. The van der Waals surface area contributed by atoms with Crippen LogP contribution in [-0.2, 0) is 9.59 Å². The van der Waals surface area contributed by atoms with E-state index in [1.165, 1.54) is 50.3 Å². The number of carbonyl (C=O) groups is 4. The Bertz CT molecular complexity index is 1800. The van der Waals surface area contributed by atoms with Crippen LogP contribution in [0.15, 0.2) is 102 Å². The number of carbonyl (C=O) groups excluding carboxylic acids is 3. The van der Waals surface area contributed by atoms with Crippen LogP contribution in [0.3, 0.4) is 0 Å². The highest BCUT2D eigenvalue weighted by Crippen LogP contribution is 2.29. The molecule has 46 heavy (non-hydrogen) atoms. The van der Waals surface area contributed by atoms with Gasteiger partial charge in [0.25, 0.3) is 11.8 Å². The number of ether oxygens (including phenoxy) is 2. The third kappa shape index (κ3) is 8.90. The summed E-state index contributed by atoms with van der Waals surface area (Å²) in [6.45, 7) is 1.70. The number of nitrogens with one attached hydrogen (secondary N) is 3. The van der Waals surface area contributed by atoms with Crippen LogP contribution in [0.1, 0.15) is 33.2 Å². The molecule has 10 nitrogen and oxygen atoms in total. The van der Waals surface area contributed by atoms with E-state index in [0.717, 1.165) is 0 Å². The zero-order valence-electron chi connectivity index (χ0n) is 25.0. The second-order valence-corrected chi connectivity index (χ2v) is 11.5. The van der Waals surface area contributed by atoms with Gasteiger partial charge in [0, 0.05) is 27.4 Å². The van der Waals surface area contributed by atoms with E-state index in [0.29, 0.717) is 38.9 Å². The van der Waals surface area contributed by atoms with Gasteiger partial charge in [0.1, 0.15) is 17.2 Å². The number of halogens is 1. The van der Waals surface area contributed by atoms with E-state index in [4.69, 9.17) is 21.1 Å². The second-order valence-electron chi connectivity index (χ2n) is 9.72. The number of hydrogen-bond acceptors (Lipinski definition) is 7. The van der Waals surface area contributed by atoms with E-state index in [-0.39, 0.29) is 22.2 Å². The van der Waals surface area contributed by atoms with Gasteiger partial charge in [-0.1, -0.05) is 35.9 Å². The number of methoxy groups -OCH3 is 2. The third-order valence-corrected chi connectivity index (χ3v) is 7.93. The minimum atomic E-state index is -1.21. The van der Waals surface area contributed by atoms with Gasteiger partial charge in [-0.3, -0.25) is 14.4 Å². The molecule has 4 aromatic carbocycles. The summed E-state index contributed by atoms with van der Waals surface area (Å²) in [6, 6.07) is 24.6. The monoisotopic (exact) mass is 659 g/mol. The summed E-state index contributed by atoms with van der Waals surface area (Å²) in [6.07, 6.45) is 1.50. The van der Waals surface area contributed by atoms with Gasteiger partial charge < -0.3 is 30.5 Å². The van der Waals surface area contributed by atoms with Crippen molar-refractivity contribution in [1.29, 1.82) is 0 Å². The van der Waals surface area contributed by atoms with Gasteiger partial charge in [0.15, 0.2) is 0 Å². The van der Waals surface area contributed by atoms with Crippen molar-refractivity contribution in [2.45, 2.75) is 17.1 Å². The number of anilines is 2. The first kappa shape index (κ1) is 33.6. The standard InChI is InChI=1S/C34H30ClN3O7S/c1-20(31(39)36-24-12-14-28(35)27(19-24)34(42)43)46-26-11-7-10-23(18-26)37-33(41)29(38-32(40)21-8-5-4-6-9-21)17-22-16-25(44-2)13-15-30(22)45-3/h4-20H,1-3H3,(H,36,39)(H,37,41)(H,38,40)(H,42,43)/b29-17+. The number of hydrogen-bond donors (Lipinski definition) is 4. The first-order valence-electron chi connectivity index (χ1n) is 13.8. The number of thioether (sulfide) groups is 1. The molecule has 0 bridgehead atoms. The average Bonchev–Trinajstić information content (AvgIpc) is 3.05. The van der Waals surface area contributed by atoms with Gasteiger partial charge in [-0.2, -0.15) is 0 Å². The second kappa shape index (κ2) is 15.6. The Morgan fingerprint density at radius 1 is 0.848 bits per heavy atom. The van der Waals surface area contributed by atoms with E-state index in [1.807, 2.05) is 0 Å². The Morgan fingerprint density at radius 3 is 2.28 bits per heavy atom. The molecule has 0 radical (unpaired) electrons. The molecule has 12 heteroatoms. The molecule has 1 atom stereocenters. The molecule has 3 amide bonds. The molecule has 0 aliphatic rings. The fourth-order valence-electron chi connectivity index (χ4n) is 4.16. The van der Waals surface area contributed by atoms with Gasteiger partial charge in [-0.25, -0.2) is 4.79 Å². The van der Waals surface area contributed by atoms with Crippen LogP contribution in [0.2, 0.25) is 5.02 Å². The Labute approximate surface area is 274 Å². The minimum Gasteiger partial charge on any atom is -0.497 e. The minimum absolute atomic E-state index is 0.0464. The van der Waals surface area contributed by atoms with E-state index in [2.05, 4.69) is 16.0 Å². The molecule has 0 spiro atoms. The molecule has 0 heterocycles. The van der Waals surface area contributed by atoms with Gasteiger partial charge in [0.2, 0.25) is 5.91 Å². The number of benzene rings is 4. The lowest BCUT2D eigenvalue weighted by Crippen LogP contribution is -2.30. The van der Waals surface area contributed by atoms with Crippen LogP contribution >= 0.6 is 23.4 Å². The van der Waals surface area contributed by atoms with Crippen molar-refractivity contribution in [2.75, 3.05) is 24.9 Å². The molecule has 4 N–H and O–H groups in total. The van der Waals surface area contributed by atoms with E-state index in [9.17, 15) is 24.3 Å². The summed E-state index contributed by atoms with van der Waals surface area (Å²) in [5.74, 6) is -1.66. The zero-order valence-corrected chi connectivity index (χ0v) is 26.6. The van der Waals surface area contributed by atoms with E-state index < -0.39 is 23.0 Å². The van der Waals surface area contributed by atoms with E-state index in [1.54, 1.807) is 79.7 Å². The number of carboxylic acid groups (broad SMARTS) is 1. The van der Waals surface area contributed by atoms with Crippen molar-refractivity contribution >= 4 is 64.5 Å². The number of aromatic carboxylic acids is 1. The largest absolute Gasteiger partial charge is 0.497 e. The van der Waals surface area contributed by atoms with Crippen LogP contribution in [0.5, 0.6) is 11.5 Å². The number of amides is 3. The summed E-state index contributed by atoms with van der Waals surface area (Å²) in [4.78, 5) is 51.6. The maximum atomic E-state index is 13.6. The smallest absolute Gasteiger partial charge is 0.337 e. The molecule has 4 rings (SSSR count). The highest BCUT2D eigenvalue weighted by atomic mass is 35.5. The number of carboxylic acids is 1. The van der Waals surface area contributed by atoms with Gasteiger partial charge in [-0.05, 0) is 79.7 Å². The third-order valence-electron chi connectivity index (χ3n) is 6.50. The molecule has 0 fully saturated rings. The molecule has 0 saturated carbocycles. The average molecular weight is 660 g/mol. The highest BCUT2D eigenvalue weighted by Gasteiger charge is 2.19. The molecule has 0 aromatic heterocycles. The van der Waals surface area contributed by atoms with Crippen LogP contribution in [0.4, 0.5) is 11.4 Å². The zero-order chi connectivity index (χ0) is 33.2. The first-order chi connectivity index (χ1) is 22.1. The van der Waals surface area contributed by atoms with Crippen LogP contribution in [0.25, 0.3) is 6.08 Å². The Morgan fingerprint density at radius 2 is 1.59 bits per heavy atom. The van der Waals surface area contributed by atoms with Crippen molar-refractivity contribution < 1.29 is 33.8 Å². The van der Waals surface area contributed by atoms with E-state index >= 15 is 0 Å². The Hall–Kier alpha value is -5.26. The fraction of sp³-hybridized carbons (Fsp3) is 0.118.